The molecule has 0 saturated carbocycles. The molecule has 3 nitrogen and oxygen atoms in total. The number of rotatable bonds is 5. The van der Waals surface area contributed by atoms with E-state index >= 15 is 0 Å². The van der Waals surface area contributed by atoms with E-state index in [0.29, 0.717) is 5.54 Å². The van der Waals surface area contributed by atoms with E-state index in [2.05, 4.69) is 24.1 Å². The van der Waals surface area contributed by atoms with Gasteiger partial charge in [-0.15, -0.1) is 0 Å². The van der Waals surface area contributed by atoms with Crippen LogP contribution in [0.1, 0.15) is 26.7 Å². The molecule has 0 amide bonds. The molecule has 90 valence electrons. The summed E-state index contributed by atoms with van der Waals surface area (Å²) in [6.45, 7) is 8.97. The number of nitrogens with zero attached hydrogens (tertiary/aromatic N) is 1. The Morgan fingerprint density at radius 3 is 2.80 bits per heavy atom. The van der Waals surface area contributed by atoms with Crippen LogP contribution in [0.2, 0.25) is 0 Å². The zero-order chi connectivity index (χ0) is 11.3. The maximum absolute atomic E-state index is 5.18. The Morgan fingerprint density at radius 2 is 2.20 bits per heavy atom. The van der Waals surface area contributed by atoms with Gasteiger partial charge in [0.1, 0.15) is 0 Å². The lowest BCUT2D eigenvalue weighted by atomic mass is 9.79. The van der Waals surface area contributed by atoms with E-state index in [-0.39, 0.29) is 0 Å². The first-order valence-corrected chi connectivity index (χ1v) is 6.01. The fourth-order valence-corrected chi connectivity index (χ4v) is 2.63. The highest BCUT2D eigenvalue weighted by Crippen LogP contribution is 2.32. The first-order chi connectivity index (χ1) is 7.12. The monoisotopic (exact) mass is 214 g/mol. The highest BCUT2D eigenvalue weighted by molar-refractivity contribution is 4.93. The van der Waals surface area contributed by atoms with Gasteiger partial charge in [-0.25, -0.2) is 0 Å². The number of piperidine rings is 1. The van der Waals surface area contributed by atoms with Crippen LogP contribution in [0.25, 0.3) is 0 Å². The number of nitrogens with one attached hydrogen (secondary N) is 1. The van der Waals surface area contributed by atoms with Gasteiger partial charge in [0.2, 0.25) is 0 Å². The standard InChI is InChI=1S/C12H26N2O/c1-12(2)11(10-13-3)6-5-7-14(12)8-9-15-4/h11,13H,5-10H2,1-4H3. The van der Waals surface area contributed by atoms with Gasteiger partial charge in [-0.2, -0.15) is 0 Å². The molecule has 0 aromatic heterocycles. The van der Waals surface area contributed by atoms with Gasteiger partial charge in [0.05, 0.1) is 6.61 Å². The van der Waals surface area contributed by atoms with E-state index in [1.54, 1.807) is 7.11 Å². The summed E-state index contributed by atoms with van der Waals surface area (Å²) in [6.07, 6.45) is 2.66. The largest absolute Gasteiger partial charge is 0.383 e. The Balaban J connectivity index is 2.55. The zero-order valence-electron chi connectivity index (χ0n) is 10.7. The Kier molecular flexibility index (Phi) is 5.03. The molecular weight excluding hydrogens is 188 g/mol. The minimum Gasteiger partial charge on any atom is -0.383 e. The first kappa shape index (κ1) is 12.9. The number of hydrogen-bond donors (Lipinski definition) is 1. The molecule has 1 heterocycles. The van der Waals surface area contributed by atoms with Crippen LogP contribution < -0.4 is 5.32 Å². The van der Waals surface area contributed by atoms with Gasteiger partial charge < -0.3 is 10.1 Å². The average molecular weight is 214 g/mol. The number of hydrogen-bond acceptors (Lipinski definition) is 3. The van der Waals surface area contributed by atoms with Crippen LogP contribution in [-0.2, 0) is 4.74 Å². The van der Waals surface area contributed by atoms with Crippen molar-refractivity contribution in [2.75, 3.05) is 40.4 Å². The van der Waals surface area contributed by atoms with Crippen molar-refractivity contribution in [2.24, 2.45) is 5.92 Å². The molecule has 1 aliphatic rings. The lowest BCUT2D eigenvalue weighted by Crippen LogP contribution is -2.56. The molecule has 1 rings (SSSR count). The summed E-state index contributed by atoms with van der Waals surface area (Å²) >= 11 is 0. The summed E-state index contributed by atoms with van der Waals surface area (Å²) in [6, 6.07) is 0. The normalized spacial score (nSPS) is 26.8. The van der Waals surface area contributed by atoms with Gasteiger partial charge in [0.25, 0.3) is 0 Å². The molecule has 1 unspecified atom stereocenters. The zero-order valence-corrected chi connectivity index (χ0v) is 10.7. The van der Waals surface area contributed by atoms with Crippen molar-refractivity contribution in [3.8, 4) is 0 Å². The second kappa shape index (κ2) is 5.83. The van der Waals surface area contributed by atoms with Crippen LogP contribution in [0.3, 0.4) is 0 Å². The molecule has 1 atom stereocenters. The Hall–Kier alpha value is -0.120. The quantitative estimate of drug-likeness (QED) is 0.747. The first-order valence-electron chi connectivity index (χ1n) is 6.01. The van der Waals surface area contributed by atoms with Gasteiger partial charge in [-0.3, -0.25) is 4.90 Å². The highest BCUT2D eigenvalue weighted by Gasteiger charge is 2.37. The summed E-state index contributed by atoms with van der Waals surface area (Å²) in [7, 11) is 3.83. The van der Waals surface area contributed by atoms with E-state index in [1.807, 2.05) is 7.05 Å². The van der Waals surface area contributed by atoms with Crippen molar-refractivity contribution in [2.45, 2.75) is 32.2 Å². The minimum atomic E-state index is 0.305. The third-order valence-electron chi connectivity index (χ3n) is 3.81. The van der Waals surface area contributed by atoms with E-state index in [0.717, 1.165) is 25.6 Å². The molecule has 3 heteroatoms. The Bertz CT molecular complexity index is 180. The van der Waals surface area contributed by atoms with Gasteiger partial charge in [-0.1, -0.05) is 0 Å². The summed E-state index contributed by atoms with van der Waals surface area (Å²) in [5, 5.41) is 3.31. The van der Waals surface area contributed by atoms with Crippen LogP contribution in [0.5, 0.6) is 0 Å². The van der Waals surface area contributed by atoms with Gasteiger partial charge in [0.15, 0.2) is 0 Å². The van der Waals surface area contributed by atoms with E-state index < -0.39 is 0 Å². The smallest absolute Gasteiger partial charge is 0.0589 e. The molecule has 1 aliphatic heterocycles. The molecule has 1 N–H and O–H groups in total. The molecule has 0 aromatic carbocycles. The predicted molar refractivity (Wildman–Crippen MR) is 64.2 cm³/mol. The molecule has 1 fully saturated rings. The fourth-order valence-electron chi connectivity index (χ4n) is 2.63. The van der Waals surface area contributed by atoms with Gasteiger partial charge in [-0.05, 0) is 52.7 Å². The molecule has 0 bridgehead atoms. The topological polar surface area (TPSA) is 24.5 Å². The third-order valence-corrected chi connectivity index (χ3v) is 3.81. The number of ether oxygens (including phenoxy) is 1. The minimum absolute atomic E-state index is 0.305. The molecule has 0 aromatic rings. The second-order valence-electron chi connectivity index (χ2n) is 5.03. The number of methoxy groups -OCH3 is 1. The fraction of sp³-hybridized carbons (Fsp3) is 1.00. The van der Waals surface area contributed by atoms with E-state index in [1.165, 1.54) is 19.4 Å². The second-order valence-corrected chi connectivity index (χ2v) is 5.03. The van der Waals surface area contributed by atoms with Crippen LogP contribution in [-0.4, -0.2) is 50.8 Å². The van der Waals surface area contributed by atoms with Crippen LogP contribution in [0, 0.1) is 5.92 Å². The van der Waals surface area contributed by atoms with Gasteiger partial charge in [0, 0.05) is 19.2 Å². The summed E-state index contributed by atoms with van der Waals surface area (Å²) in [4.78, 5) is 2.57. The lowest BCUT2D eigenvalue weighted by molar-refractivity contribution is 0.00553. The van der Waals surface area contributed by atoms with Crippen molar-refractivity contribution in [3.63, 3.8) is 0 Å². The molecule has 0 aliphatic carbocycles. The summed E-state index contributed by atoms with van der Waals surface area (Å²) < 4.78 is 5.18. The van der Waals surface area contributed by atoms with Crippen molar-refractivity contribution < 1.29 is 4.74 Å². The lowest BCUT2D eigenvalue weighted by Gasteiger charge is -2.48. The molecule has 1 saturated heterocycles. The van der Waals surface area contributed by atoms with Gasteiger partial charge >= 0.3 is 0 Å². The van der Waals surface area contributed by atoms with Crippen LogP contribution in [0.4, 0.5) is 0 Å². The molecule has 0 radical (unpaired) electrons. The van der Waals surface area contributed by atoms with Crippen molar-refractivity contribution in [3.05, 3.63) is 0 Å². The third kappa shape index (κ3) is 3.16. The Morgan fingerprint density at radius 1 is 1.47 bits per heavy atom. The van der Waals surface area contributed by atoms with Crippen LogP contribution >= 0.6 is 0 Å². The summed E-state index contributed by atoms with van der Waals surface area (Å²) in [5.74, 6) is 0.758. The molecule has 15 heavy (non-hydrogen) atoms. The SMILES string of the molecule is CNCC1CCCN(CCOC)C1(C)C. The van der Waals surface area contributed by atoms with Crippen molar-refractivity contribution in [1.82, 2.24) is 10.2 Å². The maximum atomic E-state index is 5.18. The summed E-state index contributed by atoms with van der Waals surface area (Å²) in [5.41, 5.74) is 0.305. The van der Waals surface area contributed by atoms with Crippen LogP contribution in [0.15, 0.2) is 0 Å². The predicted octanol–water partition coefficient (Wildman–Crippen LogP) is 1.34. The average Bonchev–Trinajstić information content (AvgIpc) is 2.19. The maximum Gasteiger partial charge on any atom is 0.0589 e. The highest BCUT2D eigenvalue weighted by atomic mass is 16.5. The van der Waals surface area contributed by atoms with E-state index in [4.69, 9.17) is 4.74 Å². The van der Waals surface area contributed by atoms with Crippen molar-refractivity contribution >= 4 is 0 Å². The molecular formula is C12H26N2O. The molecule has 0 spiro atoms. The number of likely N-dealkylation sites (tertiary alicyclic amines) is 1. The Labute approximate surface area is 94.2 Å². The van der Waals surface area contributed by atoms with E-state index in [9.17, 15) is 0 Å². The van der Waals surface area contributed by atoms with Crippen molar-refractivity contribution in [1.29, 1.82) is 0 Å².